The van der Waals surface area contributed by atoms with Gasteiger partial charge in [-0.1, -0.05) is 0 Å². The number of nitrogens with zero attached hydrogens (tertiary/aromatic N) is 2. The number of amides is 1. The molecule has 0 radical (unpaired) electrons. The van der Waals surface area contributed by atoms with E-state index in [2.05, 4.69) is 4.99 Å². The van der Waals surface area contributed by atoms with Crippen molar-refractivity contribution in [3.8, 4) is 0 Å². The predicted octanol–water partition coefficient (Wildman–Crippen LogP) is 4.08. The molecule has 0 unspecified atom stereocenters. The zero-order valence-electron chi connectivity index (χ0n) is 9.11. The molecule has 1 rings (SSSR count). The number of aliphatic imine (C=N–C) groups is 1. The van der Waals surface area contributed by atoms with E-state index < -0.39 is 17.1 Å². The van der Waals surface area contributed by atoms with E-state index >= 15 is 0 Å². The molecular weight excluding hydrogens is 292 g/mol. The van der Waals surface area contributed by atoms with Gasteiger partial charge in [0.15, 0.2) is 0 Å². The Morgan fingerprint density at radius 3 is 2.22 bits per heavy atom. The predicted molar refractivity (Wildman–Crippen MR) is 65.9 cm³/mol. The fraction of sp³-hybridized carbons (Fsp3) is 0.200. The van der Waals surface area contributed by atoms with Crippen molar-refractivity contribution in [1.82, 2.24) is 4.90 Å². The lowest BCUT2D eigenvalue weighted by atomic mass is 10.2. The number of alkyl halides is 3. The van der Waals surface area contributed by atoms with Gasteiger partial charge in [0.05, 0.1) is 17.6 Å². The number of benzene rings is 1. The minimum atomic E-state index is -4.37. The second kappa shape index (κ2) is 6.61. The maximum Gasteiger partial charge on any atom is 0.416 e. The Bertz CT molecular complexity index is 432. The van der Waals surface area contributed by atoms with Crippen molar-refractivity contribution in [2.75, 3.05) is 7.05 Å². The van der Waals surface area contributed by atoms with Crippen molar-refractivity contribution in [1.29, 1.82) is 0 Å². The van der Waals surface area contributed by atoms with Crippen molar-refractivity contribution in [3.63, 3.8) is 0 Å². The third kappa shape index (κ3) is 4.93. The highest BCUT2D eigenvalue weighted by Crippen LogP contribution is 2.30. The summed E-state index contributed by atoms with van der Waals surface area (Å²) in [7, 11) is 1.38. The van der Waals surface area contributed by atoms with Gasteiger partial charge in [-0.05, 0) is 35.9 Å². The molecule has 8 heteroatoms. The molecule has 0 fully saturated rings. The standard InChI is InChI=1S/C10H8ClF3N2O.ClH/c1-16(9(11)17)6-15-8-4-2-7(3-5-8)10(12,13)14;/h2-6H,1H3;1H. The number of carbonyl (C=O) groups excluding carboxylic acids is 1. The molecule has 0 atom stereocenters. The zero-order valence-corrected chi connectivity index (χ0v) is 10.7. The Labute approximate surface area is 113 Å². The second-order valence-corrected chi connectivity index (χ2v) is 3.48. The van der Waals surface area contributed by atoms with E-state index in [1.807, 2.05) is 0 Å². The van der Waals surface area contributed by atoms with Gasteiger partial charge < -0.3 is 0 Å². The summed E-state index contributed by atoms with van der Waals surface area (Å²) < 4.78 is 36.7. The lowest BCUT2D eigenvalue weighted by Gasteiger charge is -2.07. The molecule has 0 aliphatic rings. The normalized spacial score (nSPS) is 11.2. The van der Waals surface area contributed by atoms with Crippen LogP contribution in [0.4, 0.5) is 23.7 Å². The maximum absolute atomic E-state index is 12.2. The molecule has 0 saturated carbocycles. The van der Waals surface area contributed by atoms with Gasteiger partial charge in [0.2, 0.25) is 0 Å². The number of hydrogen-bond acceptors (Lipinski definition) is 2. The average molecular weight is 301 g/mol. The third-order valence-corrected chi connectivity index (χ3v) is 2.12. The molecule has 0 aliphatic heterocycles. The summed E-state index contributed by atoms with van der Waals surface area (Å²) in [5.41, 5.74) is -0.457. The molecule has 18 heavy (non-hydrogen) atoms. The molecule has 0 spiro atoms. The Kier molecular flexibility index (Phi) is 6.14. The summed E-state index contributed by atoms with van der Waals surface area (Å²) in [5.74, 6) is 0. The first kappa shape index (κ1) is 16.7. The van der Waals surface area contributed by atoms with Crippen LogP contribution in [0.1, 0.15) is 5.56 Å². The van der Waals surface area contributed by atoms with Crippen LogP contribution in [0.3, 0.4) is 0 Å². The lowest BCUT2D eigenvalue weighted by Crippen LogP contribution is -2.17. The van der Waals surface area contributed by atoms with E-state index in [0.717, 1.165) is 23.4 Å². The van der Waals surface area contributed by atoms with Crippen LogP contribution in [-0.2, 0) is 6.18 Å². The van der Waals surface area contributed by atoms with E-state index in [4.69, 9.17) is 11.6 Å². The molecule has 1 aromatic carbocycles. The number of hydrogen-bond donors (Lipinski definition) is 0. The Morgan fingerprint density at radius 2 is 1.83 bits per heavy atom. The molecule has 0 aromatic heterocycles. The van der Waals surface area contributed by atoms with Crippen LogP contribution < -0.4 is 0 Å². The summed E-state index contributed by atoms with van der Waals surface area (Å²) in [4.78, 5) is 15.4. The third-order valence-electron chi connectivity index (χ3n) is 1.85. The molecule has 0 N–H and O–H groups in total. The molecular formula is C10H9Cl2F3N2O. The number of halogens is 5. The molecule has 3 nitrogen and oxygen atoms in total. The van der Waals surface area contributed by atoms with Crippen LogP contribution in [-0.4, -0.2) is 23.7 Å². The van der Waals surface area contributed by atoms with E-state index in [-0.39, 0.29) is 12.4 Å². The Hall–Kier alpha value is -1.27. The maximum atomic E-state index is 12.2. The van der Waals surface area contributed by atoms with Crippen molar-refractivity contribution < 1.29 is 18.0 Å². The molecule has 0 aliphatic carbocycles. The van der Waals surface area contributed by atoms with E-state index in [0.29, 0.717) is 5.69 Å². The van der Waals surface area contributed by atoms with Crippen LogP contribution in [0, 0.1) is 0 Å². The first-order valence-electron chi connectivity index (χ1n) is 4.44. The summed E-state index contributed by atoms with van der Waals surface area (Å²) in [6.07, 6.45) is -3.25. The highest BCUT2D eigenvalue weighted by atomic mass is 35.5. The average Bonchev–Trinajstić information content (AvgIpc) is 2.25. The van der Waals surface area contributed by atoms with Gasteiger partial charge in [0.25, 0.3) is 0 Å². The molecule has 1 amide bonds. The summed E-state index contributed by atoms with van der Waals surface area (Å²) >= 11 is 5.13. The largest absolute Gasteiger partial charge is 0.416 e. The fourth-order valence-corrected chi connectivity index (χ4v) is 0.979. The molecule has 0 bridgehead atoms. The number of rotatable bonds is 2. The van der Waals surface area contributed by atoms with Gasteiger partial charge in [-0.2, -0.15) is 13.2 Å². The van der Waals surface area contributed by atoms with Crippen molar-refractivity contribution in [2.24, 2.45) is 4.99 Å². The highest BCUT2D eigenvalue weighted by Gasteiger charge is 2.29. The minimum Gasteiger partial charge on any atom is -0.292 e. The van der Waals surface area contributed by atoms with Crippen LogP contribution in [0.2, 0.25) is 0 Å². The Morgan fingerprint density at radius 1 is 1.33 bits per heavy atom. The van der Waals surface area contributed by atoms with Gasteiger partial charge in [0.1, 0.15) is 0 Å². The first-order chi connectivity index (χ1) is 7.80. The summed E-state index contributed by atoms with van der Waals surface area (Å²) in [5, 5.41) is -0.735. The summed E-state index contributed by atoms with van der Waals surface area (Å²) in [6.45, 7) is 0. The van der Waals surface area contributed by atoms with Crippen molar-refractivity contribution in [2.45, 2.75) is 6.18 Å². The lowest BCUT2D eigenvalue weighted by molar-refractivity contribution is -0.137. The molecule has 0 saturated heterocycles. The topological polar surface area (TPSA) is 32.7 Å². The van der Waals surface area contributed by atoms with Crippen LogP contribution >= 0.6 is 24.0 Å². The van der Waals surface area contributed by atoms with Gasteiger partial charge in [-0.15, -0.1) is 12.4 Å². The monoisotopic (exact) mass is 300 g/mol. The van der Waals surface area contributed by atoms with Gasteiger partial charge in [-0.25, -0.2) is 4.99 Å². The SMILES string of the molecule is CN(C=Nc1ccc(C(F)(F)F)cc1)C(=O)Cl.Cl. The molecule has 100 valence electrons. The van der Waals surface area contributed by atoms with Gasteiger partial charge in [0, 0.05) is 7.05 Å². The van der Waals surface area contributed by atoms with E-state index in [1.54, 1.807) is 0 Å². The zero-order chi connectivity index (χ0) is 13.1. The van der Waals surface area contributed by atoms with Crippen LogP contribution in [0.5, 0.6) is 0 Å². The smallest absolute Gasteiger partial charge is 0.292 e. The van der Waals surface area contributed by atoms with E-state index in [9.17, 15) is 18.0 Å². The van der Waals surface area contributed by atoms with Gasteiger partial charge >= 0.3 is 11.5 Å². The van der Waals surface area contributed by atoms with E-state index in [1.165, 1.54) is 19.2 Å². The van der Waals surface area contributed by atoms with Crippen LogP contribution in [0.25, 0.3) is 0 Å². The minimum absolute atomic E-state index is 0. The molecule has 1 aromatic rings. The Balaban J connectivity index is 0.00000289. The van der Waals surface area contributed by atoms with Gasteiger partial charge in [-0.3, -0.25) is 9.69 Å². The van der Waals surface area contributed by atoms with Crippen molar-refractivity contribution >= 4 is 41.4 Å². The second-order valence-electron chi connectivity index (χ2n) is 3.15. The number of carbonyl (C=O) groups is 1. The fourth-order valence-electron chi connectivity index (χ4n) is 0.935. The van der Waals surface area contributed by atoms with Crippen molar-refractivity contribution in [3.05, 3.63) is 29.8 Å². The summed E-state index contributed by atoms with van der Waals surface area (Å²) in [6, 6.07) is 4.22. The quantitative estimate of drug-likeness (QED) is 0.351. The highest BCUT2D eigenvalue weighted by molar-refractivity contribution is 6.63. The van der Waals surface area contributed by atoms with Crippen LogP contribution in [0.15, 0.2) is 29.3 Å². The molecule has 0 heterocycles. The first-order valence-corrected chi connectivity index (χ1v) is 4.82.